The number of nitrogens with zero attached hydrogens (tertiary/aromatic N) is 1. The monoisotopic (exact) mass is 324 g/mol. The van der Waals surface area contributed by atoms with Crippen molar-refractivity contribution in [2.24, 2.45) is 5.73 Å². The summed E-state index contributed by atoms with van der Waals surface area (Å²) >= 11 is 3.61. The van der Waals surface area contributed by atoms with Crippen molar-refractivity contribution in [3.05, 3.63) is 28.2 Å². The van der Waals surface area contributed by atoms with Gasteiger partial charge in [-0.1, -0.05) is 35.3 Å². The molecule has 2 nitrogen and oxygen atoms in total. The third-order valence-corrected chi connectivity index (χ3v) is 4.13. The van der Waals surface area contributed by atoms with Crippen LogP contribution >= 0.6 is 15.9 Å². The zero-order valence-electron chi connectivity index (χ0n) is 12.0. The number of nitrogens with two attached hydrogens (primary N) is 1. The fraction of sp³-hybridized carbons (Fsp3) is 0.625. The van der Waals surface area contributed by atoms with Crippen LogP contribution in [0.15, 0.2) is 22.7 Å². The van der Waals surface area contributed by atoms with Crippen molar-refractivity contribution in [1.29, 1.82) is 0 Å². The van der Waals surface area contributed by atoms with E-state index < -0.39 is 0 Å². The number of rotatable bonds is 7. The highest BCUT2D eigenvalue weighted by atomic mass is 79.9. The van der Waals surface area contributed by atoms with Crippen LogP contribution in [0.4, 0.5) is 5.69 Å². The van der Waals surface area contributed by atoms with Crippen molar-refractivity contribution in [1.82, 2.24) is 0 Å². The van der Waals surface area contributed by atoms with Crippen LogP contribution in [0.1, 0.15) is 45.1 Å². The van der Waals surface area contributed by atoms with Crippen LogP contribution in [0.25, 0.3) is 0 Å². The molecule has 1 unspecified atom stereocenters. The highest BCUT2D eigenvalue weighted by molar-refractivity contribution is 9.10. The summed E-state index contributed by atoms with van der Waals surface area (Å²) in [6.45, 7) is 5.51. The van der Waals surface area contributed by atoms with E-state index in [4.69, 9.17) is 5.73 Å². The summed E-state index contributed by atoms with van der Waals surface area (Å²) in [5.74, 6) is 0. The van der Waals surface area contributed by atoms with E-state index >= 15 is 0 Å². The lowest BCUT2D eigenvalue weighted by Crippen LogP contribution is -2.29. The van der Waals surface area contributed by atoms with Crippen molar-refractivity contribution in [2.45, 2.75) is 58.0 Å². The van der Waals surface area contributed by atoms with E-state index in [1.165, 1.54) is 43.5 Å². The zero-order chi connectivity index (χ0) is 13.8. The van der Waals surface area contributed by atoms with Crippen molar-refractivity contribution in [3.63, 3.8) is 0 Å². The number of unbranched alkanes of at least 4 members (excludes halogenated alkanes) is 1. The van der Waals surface area contributed by atoms with E-state index in [2.05, 4.69) is 52.9 Å². The molecule has 3 heteroatoms. The van der Waals surface area contributed by atoms with Crippen LogP contribution in [-0.2, 0) is 6.42 Å². The van der Waals surface area contributed by atoms with Crippen molar-refractivity contribution >= 4 is 21.6 Å². The molecule has 1 aliphatic carbocycles. The molecular weight excluding hydrogens is 300 g/mol. The Kier molecular flexibility index (Phi) is 5.28. The first-order valence-electron chi connectivity index (χ1n) is 7.42. The summed E-state index contributed by atoms with van der Waals surface area (Å²) in [7, 11) is 0. The predicted molar refractivity (Wildman–Crippen MR) is 86.8 cm³/mol. The molecule has 19 heavy (non-hydrogen) atoms. The van der Waals surface area contributed by atoms with Gasteiger partial charge in [-0.3, -0.25) is 0 Å². The molecule has 2 N–H and O–H groups in total. The number of anilines is 1. The number of benzene rings is 1. The largest absolute Gasteiger partial charge is 0.368 e. The molecule has 1 atom stereocenters. The maximum atomic E-state index is 5.99. The smallest absolute Gasteiger partial charge is 0.0413 e. The standard InChI is InChI=1S/C16H25BrN2/c1-3-4-9-19(15-7-8-15)16-11-14(17)6-5-13(16)10-12(2)18/h5-6,11-12,15H,3-4,7-10,18H2,1-2H3. The minimum Gasteiger partial charge on any atom is -0.368 e. The van der Waals surface area contributed by atoms with Crippen molar-refractivity contribution in [2.75, 3.05) is 11.4 Å². The van der Waals surface area contributed by atoms with Crippen molar-refractivity contribution in [3.8, 4) is 0 Å². The lowest BCUT2D eigenvalue weighted by Gasteiger charge is -2.28. The predicted octanol–water partition coefficient (Wildman–Crippen LogP) is 4.11. The second-order valence-corrected chi connectivity index (χ2v) is 6.65. The molecule has 0 heterocycles. The number of hydrogen-bond acceptors (Lipinski definition) is 2. The van der Waals surface area contributed by atoms with Gasteiger partial charge in [-0.2, -0.15) is 0 Å². The van der Waals surface area contributed by atoms with E-state index in [0.717, 1.165) is 16.9 Å². The maximum Gasteiger partial charge on any atom is 0.0413 e. The van der Waals surface area contributed by atoms with E-state index in [-0.39, 0.29) is 6.04 Å². The van der Waals surface area contributed by atoms with E-state index in [1.54, 1.807) is 0 Å². The van der Waals surface area contributed by atoms with Gasteiger partial charge >= 0.3 is 0 Å². The normalized spacial score (nSPS) is 16.4. The first kappa shape index (κ1) is 14.9. The van der Waals surface area contributed by atoms with Gasteiger partial charge < -0.3 is 10.6 Å². The van der Waals surface area contributed by atoms with Crippen LogP contribution in [-0.4, -0.2) is 18.6 Å². The van der Waals surface area contributed by atoms with Gasteiger partial charge in [-0.15, -0.1) is 0 Å². The fourth-order valence-corrected chi connectivity index (χ4v) is 2.89. The fourth-order valence-electron chi connectivity index (χ4n) is 2.54. The maximum absolute atomic E-state index is 5.99. The first-order valence-corrected chi connectivity index (χ1v) is 8.21. The summed E-state index contributed by atoms with van der Waals surface area (Å²) in [5, 5.41) is 0. The lowest BCUT2D eigenvalue weighted by molar-refractivity contribution is 0.696. The summed E-state index contributed by atoms with van der Waals surface area (Å²) < 4.78 is 1.16. The molecule has 0 spiro atoms. The molecule has 1 aliphatic rings. The summed E-state index contributed by atoms with van der Waals surface area (Å²) in [6, 6.07) is 7.60. The Bertz CT molecular complexity index is 413. The topological polar surface area (TPSA) is 29.3 Å². The lowest BCUT2D eigenvalue weighted by atomic mass is 10.0. The molecule has 1 aromatic rings. The molecule has 0 bridgehead atoms. The van der Waals surface area contributed by atoms with Crippen LogP contribution in [0.2, 0.25) is 0 Å². The van der Waals surface area contributed by atoms with Crippen LogP contribution < -0.4 is 10.6 Å². The van der Waals surface area contributed by atoms with Gasteiger partial charge in [-0.25, -0.2) is 0 Å². The highest BCUT2D eigenvalue weighted by Crippen LogP contribution is 2.35. The molecule has 0 radical (unpaired) electrons. The second kappa shape index (κ2) is 6.76. The zero-order valence-corrected chi connectivity index (χ0v) is 13.6. The van der Waals surface area contributed by atoms with E-state index in [9.17, 15) is 0 Å². The minimum absolute atomic E-state index is 0.215. The van der Waals surface area contributed by atoms with Gasteiger partial charge in [0.25, 0.3) is 0 Å². The molecule has 0 aromatic heterocycles. The molecule has 106 valence electrons. The van der Waals surface area contributed by atoms with Crippen molar-refractivity contribution < 1.29 is 0 Å². The Morgan fingerprint density at radius 3 is 2.74 bits per heavy atom. The summed E-state index contributed by atoms with van der Waals surface area (Å²) in [6.07, 6.45) is 6.15. The average molecular weight is 325 g/mol. The van der Waals surface area contributed by atoms with Crippen LogP contribution in [0.5, 0.6) is 0 Å². The van der Waals surface area contributed by atoms with Gasteiger partial charge in [0.05, 0.1) is 0 Å². The molecule has 1 saturated carbocycles. The Labute approximate surface area is 125 Å². The average Bonchev–Trinajstić information content (AvgIpc) is 3.17. The van der Waals surface area contributed by atoms with Gasteiger partial charge in [0, 0.05) is 28.8 Å². The number of halogens is 1. The molecule has 1 aromatic carbocycles. The Morgan fingerprint density at radius 2 is 2.16 bits per heavy atom. The van der Waals surface area contributed by atoms with Gasteiger partial charge in [0.2, 0.25) is 0 Å². The van der Waals surface area contributed by atoms with Gasteiger partial charge in [0.15, 0.2) is 0 Å². The quantitative estimate of drug-likeness (QED) is 0.817. The van der Waals surface area contributed by atoms with Crippen LogP contribution in [0, 0.1) is 0 Å². The Morgan fingerprint density at radius 1 is 1.42 bits per heavy atom. The second-order valence-electron chi connectivity index (χ2n) is 5.73. The van der Waals surface area contributed by atoms with E-state index in [0.29, 0.717) is 0 Å². The molecule has 0 saturated heterocycles. The number of hydrogen-bond donors (Lipinski definition) is 1. The van der Waals surface area contributed by atoms with Gasteiger partial charge in [-0.05, 0) is 50.3 Å². The Balaban J connectivity index is 2.25. The van der Waals surface area contributed by atoms with Crippen LogP contribution in [0.3, 0.4) is 0 Å². The Hall–Kier alpha value is -0.540. The summed E-state index contributed by atoms with van der Waals surface area (Å²) in [5.41, 5.74) is 8.77. The van der Waals surface area contributed by atoms with E-state index in [1.807, 2.05) is 0 Å². The molecule has 0 amide bonds. The molecule has 1 fully saturated rings. The molecule has 0 aliphatic heterocycles. The van der Waals surface area contributed by atoms with Gasteiger partial charge in [0.1, 0.15) is 0 Å². The highest BCUT2D eigenvalue weighted by Gasteiger charge is 2.30. The molecular formula is C16H25BrN2. The third-order valence-electron chi connectivity index (χ3n) is 3.64. The minimum atomic E-state index is 0.215. The summed E-state index contributed by atoms with van der Waals surface area (Å²) in [4.78, 5) is 2.60. The molecule has 2 rings (SSSR count). The SMILES string of the molecule is CCCCN(c1cc(Br)ccc1CC(C)N)C1CC1. The third kappa shape index (κ3) is 4.22. The first-order chi connectivity index (χ1) is 9.11.